The average Bonchev–Trinajstić information content (AvgIpc) is 2.48. The van der Waals surface area contributed by atoms with Crippen LogP contribution in [0.25, 0.3) is 0 Å². The van der Waals surface area contributed by atoms with Gasteiger partial charge in [0, 0.05) is 13.3 Å². The Balaban J connectivity index is 3.58. The highest BCUT2D eigenvalue weighted by Crippen LogP contribution is 2.05. The maximum Gasteiger partial charge on any atom is 0.325 e. The first-order valence-corrected chi connectivity index (χ1v) is 7.69. The molecule has 0 radical (unpaired) electrons. The van der Waals surface area contributed by atoms with Crippen molar-refractivity contribution in [1.82, 2.24) is 5.32 Å². The van der Waals surface area contributed by atoms with E-state index in [1.165, 1.54) is 6.92 Å². The average molecular weight is 317 g/mol. The van der Waals surface area contributed by atoms with Crippen LogP contribution in [0.1, 0.15) is 52.4 Å². The van der Waals surface area contributed by atoms with Gasteiger partial charge in [0.25, 0.3) is 0 Å². The quantitative estimate of drug-likeness (QED) is 0.410. The van der Waals surface area contributed by atoms with Crippen LogP contribution in [0.3, 0.4) is 0 Å². The third-order valence-corrected chi connectivity index (χ3v) is 2.84. The summed E-state index contributed by atoms with van der Waals surface area (Å²) in [6, 6.07) is 0. The van der Waals surface area contributed by atoms with Crippen LogP contribution in [0.4, 0.5) is 0 Å². The largest absolute Gasteiger partial charge is 0.463 e. The number of esters is 2. The lowest BCUT2D eigenvalue weighted by atomic mass is 10.1. The van der Waals surface area contributed by atoms with Crippen LogP contribution in [0, 0.1) is 0 Å². The zero-order valence-electron chi connectivity index (χ0n) is 13.4. The van der Waals surface area contributed by atoms with Gasteiger partial charge in [0.2, 0.25) is 5.91 Å². The van der Waals surface area contributed by atoms with Gasteiger partial charge in [0.15, 0.2) is 0 Å². The fourth-order valence-corrected chi connectivity index (χ4v) is 1.62. The molecule has 0 aliphatic heterocycles. The summed E-state index contributed by atoms with van der Waals surface area (Å²) in [6.45, 7) is 2.67. The molecule has 0 aromatic carbocycles. The molecule has 1 unspecified atom stereocenters. The van der Waals surface area contributed by atoms with Crippen molar-refractivity contribution in [2.24, 2.45) is 0 Å². The maximum absolute atomic E-state index is 11.4. The van der Waals surface area contributed by atoms with Gasteiger partial charge in [-0.15, -0.1) is 0 Å². The van der Waals surface area contributed by atoms with Gasteiger partial charge in [0.1, 0.15) is 25.9 Å². The van der Waals surface area contributed by atoms with Crippen molar-refractivity contribution in [1.29, 1.82) is 0 Å². The molecule has 0 saturated heterocycles. The standard InChI is InChI=1S/C15H27NO6/c1-3-4-5-6-7-8-14(19)21-10-13(18)11-22-15(20)9-16-12(2)17/h13,18H,3-11H2,1-2H3,(H,16,17). The first-order chi connectivity index (χ1) is 10.5. The topological polar surface area (TPSA) is 102 Å². The van der Waals surface area contributed by atoms with Crippen molar-refractivity contribution in [2.45, 2.75) is 58.5 Å². The van der Waals surface area contributed by atoms with E-state index in [0.717, 1.165) is 32.1 Å². The van der Waals surface area contributed by atoms with Crippen LogP contribution in [0.15, 0.2) is 0 Å². The number of carbonyl (C=O) groups excluding carboxylic acids is 3. The Labute approximate surface area is 131 Å². The Hall–Kier alpha value is -1.63. The van der Waals surface area contributed by atoms with Crippen LogP contribution < -0.4 is 5.32 Å². The van der Waals surface area contributed by atoms with E-state index < -0.39 is 12.1 Å². The molecular weight excluding hydrogens is 290 g/mol. The predicted octanol–water partition coefficient (Wildman–Crippen LogP) is 0.930. The molecule has 0 aliphatic rings. The first kappa shape index (κ1) is 20.4. The molecule has 0 fully saturated rings. The van der Waals surface area contributed by atoms with Crippen LogP contribution in [0.2, 0.25) is 0 Å². The minimum atomic E-state index is -1.06. The maximum atomic E-state index is 11.4. The third kappa shape index (κ3) is 13.4. The number of amides is 1. The molecule has 7 nitrogen and oxygen atoms in total. The van der Waals surface area contributed by atoms with Crippen LogP contribution >= 0.6 is 0 Å². The van der Waals surface area contributed by atoms with Gasteiger partial charge in [-0.1, -0.05) is 32.6 Å². The Kier molecular flexibility index (Phi) is 12.1. The molecular formula is C15H27NO6. The van der Waals surface area contributed by atoms with Gasteiger partial charge >= 0.3 is 11.9 Å². The molecule has 1 atom stereocenters. The molecule has 0 aromatic rings. The number of rotatable bonds is 12. The fourth-order valence-electron chi connectivity index (χ4n) is 1.62. The Morgan fingerprint density at radius 2 is 1.59 bits per heavy atom. The van der Waals surface area contributed by atoms with E-state index in [4.69, 9.17) is 9.47 Å². The zero-order chi connectivity index (χ0) is 16.8. The molecule has 0 saturated carbocycles. The van der Waals surface area contributed by atoms with Crippen molar-refractivity contribution >= 4 is 17.8 Å². The van der Waals surface area contributed by atoms with Crippen LogP contribution in [-0.4, -0.2) is 48.8 Å². The van der Waals surface area contributed by atoms with Gasteiger partial charge < -0.3 is 19.9 Å². The van der Waals surface area contributed by atoms with Crippen LogP contribution in [-0.2, 0) is 23.9 Å². The van der Waals surface area contributed by atoms with E-state index in [0.29, 0.717) is 6.42 Å². The van der Waals surface area contributed by atoms with Gasteiger partial charge in [-0.2, -0.15) is 0 Å². The van der Waals surface area contributed by atoms with Crippen molar-refractivity contribution in [2.75, 3.05) is 19.8 Å². The molecule has 22 heavy (non-hydrogen) atoms. The van der Waals surface area contributed by atoms with Gasteiger partial charge in [-0.3, -0.25) is 14.4 Å². The Morgan fingerprint density at radius 1 is 1.00 bits per heavy atom. The van der Waals surface area contributed by atoms with E-state index in [9.17, 15) is 19.5 Å². The number of carbonyl (C=O) groups is 3. The monoisotopic (exact) mass is 317 g/mol. The minimum Gasteiger partial charge on any atom is -0.463 e. The Bertz CT molecular complexity index is 345. The Morgan fingerprint density at radius 3 is 2.18 bits per heavy atom. The molecule has 0 spiro atoms. The van der Waals surface area contributed by atoms with Crippen molar-refractivity contribution in [3.8, 4) is 0 Å². The summed E-state index contributed by atoms with van der Waals surface area (Å²) in [5.74, 6) is -1.36. The molecule has 1 amide bonds. The van der Waals surface area contributed by atoms with E-state index in [1.54, 1.807) is 0 Å². The first-order valence-electron chi connectivity index (χ1n) is 7.69. The number of nitrogens with one attached hydrogen (secondary N) is 1. The van der Waals surface area contributed by atoms with E-state index >= 15 is 0 Å². The second-order valence-corrected chi connectivity index (χ2v) is 5.09. The minimum absolute atomic E-state index is 0.207. The van der Waals surface area contributed by atoms with Gasteiger partial charge in [-0.25, -0.2) is 0 Å². The number of aliphatic hydroxyl groups is 1. The lowest BCUT2D eigenvalue weighted by molar-refractivity contribution is -0.152. The summed E-state index contributed by atoms with van der Waals surface area (Å²) in [5.41, 5.74) is 0. The lowest BCUT2D eigenvalue weighted by Crippen LogP contribution is -2.31. The molecule has 7 heteroatoms. The summed E-state index contributed by atoms with van der Waals surface area (Å²) in [6.07, 6.45) is 4.46. The second kappa shape index (κ2) is 13.1. The van der Waals surface area contributed by atoms with Crippen molar-refractivity contribution in [3.63, 3.8) is 0 Å². The molecule has 2 N–H and O–H groups in total. The molecule has 0 aliphatic carbocycles. The summed E-state index contributed by atoms with van der Waals surface area (Å²) < 4.78 is 9.61. The lowest BCUT2D eigenvalue weighted by Gasteiger charge is -2.12. The van der Waals surface area contributed by atoms with Crippen LogP contribution in [0.5, 0.6) is 0 Å². The van der Waals surface area contributed by atoms with E-state index in [2.05, 4.69) is 12.2 Å². The predicted molar refractivity (Wildman–Crippen MR) is 80.0 cm³/mol. The highest BCUT2D eigenvalue weighted by molar-refractivity contribution is 5.80. The number of unbranched alkanes of at least 4 members (excludes halogenated alkanes) is 4. The molecule has 0 bridgehead atoms. The third-order valence-electron chi connectivity index (χ3n) is 2.84. The molecule has 0 heterocycles. The highest BCUT2D eigenvalue weighted by atomic mass is 16.6. The summed E-state index contributed by atoms with van der Waals surface area (Å²) in [5, 5.41) is 11.8. The fraction of sp³-hybridized carbons (Fsp3) is 0.800. The summed E-state index contributed by atoms with van der Waals surface area (Å²) in [7, 11) is 0. The normalized spacial score (nSPS) is 11.6. The number of ether oxygens (including phenoxy) is 2. The van der Waals surface area contributed by atoms with Gasteiger partial charge in [-0.05, 0) is 6.42 Å². The number of hydrogen-bond donors (Lipinski definition) is 2. The number of aliphatic hydroxyl groups excluding tert-OH is 1. The summed E-state index contributed by atoms with van der Waals surface area (Å²) >= 11 is 0. The SMILES string of the molecule is CCCCCCCC(=O)OCC(O)COC(=O)CNC(C)=O. The zero-order valence-corrected chi connectivity index (χ0v) is 13.4. The molecule has 128 valence electrons. The molecule has 0 rings (SSSR count). The molecule has 0 aromatic heterocycles. The van der Waals surface area contributed by atoms with E-state index in [1.807, 2.05) is 0 Å². The summed E-state index contributed by atoms with van der Waals surface area (Å²) in [4.78, 5) is 33.2. The van der Waals surface area contributed by atoms with Crippen molar-refractivity contribution < 1.29 is 29.0 Å². The number of hydrogen-bond acceptors (Lipinski definition) is 6. The van der Waals surface area contributed by atoms with Gasteiger partial charge in [0.05, 0.1) is 0 Å². The van der Waals surface area contributed by atoms with E-state index in [-0.39, 0.29) is 31.6 Å². The van der Waals surface area contributed by atoms with Crippen molar-refractivity contribution in [3.05, 3.63) is 0 Å². The smallest absolute Gasteiger partial charge is 0.325 e. The highest BCUT2D eigenvalue weighted by Gasteiger charge is 2.12. The second-order valence-electron chi connectivity index (χ2n) is 5.09.